The second-order valence-electron chi connectivity index (χ2n) is 6.16. The summed E-state index contributed by atoms with van der Waals surface area (Å²) in [5.74, 6) is 0.533. The molecule has 0 unspecified atom stereocenters. The maximum Gasteiger partial charge on any atom is 0.259 e. The molecule has 1 aliphatic heterocycles. The van der Waals surface area contributed by atoms with Crippen molar-refractivity contribution in [2.75, 3.05) is 26.8 Å². The van der Waals surface area contributed by atoms with Crippen molar-refractivity contribution < 1.29 is 19.2 Å². The SMILES string of the molecule is Cc1noc(C(C)C)c1C(=O)N(C)CC1(O)CCOCC1. The van der Waals surface area contributed by atoms with Gasteiger partial charge in [-0.15, -0.1) is 0 Å². The van der Waals surface area contributed by atoms with Gasteiger partial charge in [0, 0.05) is 45.6 Å². The molecule has 0 spiro atoms. The van der Waals surface area contributed by atoms with Crippen LogP contribution in [0.25, 0.3) is 0 Å². The number of rotatable bonds is 4. The van der Waals surface area contributed by atoms with Crippen molar-refractivity contribution in [3.63, 3.8) is 0 Å². The van der Waals surface area contributed by atoms with E-state index in [4.69, 9.17) is 9.26 Å². The smallest absolute Gasteiger partial charge is 0.259 e. The third kappa shape index (κ3) is 3.44. The first-order valence-corrected chi connectivity index (χ1v) is 7.36. The van der Waals surface area contributed by atoms with Crippen LogP contribution in [-0.2, 0) is 4.74 Å². The van der Waals surface area contributed by atoms with Crippen molar-refractivity contribution in [3.8, 4) is 0 Å². The summed E-state index contributed by atoms with van der Waals surface area (Å²) in [6, 6.07) is 0. The minimum absolute atomic E-state index is 0.0877. The molecule has 0 radical (unpaired) electrons. The summed E-state index contributed by atoms with van der Waals surface area (Å²) >= 11 is 0. The van der Waals surface area contributed by atoms with Crippen molar-refractivity contribution in [1.29, 1.82) is 0 Å². The molecule has 1 fully saturated rings. The molecular formula is C15H24N2O4. The van der Waals surface area contributed by atoms with Crippen molar-refractivity contribution in [1.82, 2.24) is 10.1 Å². The fraction of sp³-hybridized carbons (Fsp3) is 0.733. The predicted octanol–water partition coefficient (Wildman–Crippen LogP) is 1.72. The van der Waals surface area contributed by atoms with E-state index < -0.39 is 5.60 Å². The molecule has 0 bridgehead atoms. The summed E-state index contributed by atoms with van der Waals surface area (Å²) in [4.78, 5) is 14.2. The molecule has 1 aliphatic rings. The Bertz CT molecular complexity index is 504. The lowest BCUT2D eigenvalue weighted by molar-refractivity contribution is -0.0734. The van der Waals surface area contributed by atoms with E-state index in [0.717, 1.165) is 0 Å². The maximum atomic E-state index is 12.7. The molecule has 0 saturated carbocycles. The van der Waals surface area contributed by atoms with Crippen LogP contribution in [0.4, 0.5) is 0 Å². The Labute approximate surface area is 125 Å². The first-order valence-electron chi connectivity index (χ1n) is 7.36. The molecule has 2 rings (SSSR count). The van der Waals surface area contributed by atoms with Crippen molar-refractivity contribution in [2.45, 2.75) is 45.1 Å². The van der Waals surface area contributed by atoms with E-state index in [2.05, 4.69) is 5.16 Å². The zero-order valence-electron chi connectivity index (χ0n) is 13.2. The number of aryl methyl sites for hydroxylation is 1. The van der Waals surface area contributed by atoms with Crippen LogP contribution in [0.5, 0.6) is 0 Å². The van der Waals surface area contributed by atoms with Gasteiger partial charge in [0.25, 0.3) is 5.91 Å². The molecule has 1 N–H and O–H groups in total. The van der Waals surface area contributed by atoms with Gasteiger partial charge in [0.15, 0.2) is 5.76 Å². The van der Waals surface area contributed by atoms with Gasteiger partial charge in [-0.05, 0) is 6.92 Å². The van der Waals surface area contributed by atoms with Gasteiger partial charge in [-0.2, -0.15) is 0 Å². The van der Waals surface area contributed by atoms with Gasteiger partial charge in [0.1, 0.15) is 5.56 Å². The summed E-state index contributed by atoms with van der Waals surface area (Å²) in [5.41, 5.74) is 0.240. The molecule has 0 aliphatic carbocycles. The van der Waals surface area contributed by atoms with Crippen LogP contribution in [-0.4, -0.2) is 53.5 Å². The van der Waals surface area contributed by atoms with Crippen molar-refractivity contribution >= 4 is 5.91 Å². The average molecular weight is 296 g/mol. The van der Waals surface area contributed by atoms with Gasteiger partial charge in [-0.1, -0.05) is 19.0 Å². The molecule has 21 heavy (non-hydrogen) atoms. The van der Waals surface area contributed by atoms with Crippen LogP contribution in [0.15, 0.2) is 4.52 Å². The normalized spacial score (nSPS) is 18.0. The Morgan fingerprint density at radius 3 is 2.62 bits per heavy atom. The number of likely N-dealkylation sites (N-methyl/N-ethyl adjacent to an activating group) is 1. The van der Waals surface area contributed by atoms with Gasteiger partial charge in [-0.3, -0.25) is 4.79 Å². The molecule has 2 heterocycles. The van der Waals surface area contributed by atoms with Gasteiger partial charge in [0.05, 0.1) is 11.3 Å². The maximum absolute atomic E-state index is 12.7. The van der Waals surface area contributed by atoms with Gasteiger partial charge in [-0.25, -0.2) is 0 Å². The second kappa shape index (κ2) is 6.15. The summed E-state index contributed by atoms with van der Waals surface area (Å²) in [6.07, 6.45) is 1.09. The zero-order valence-corrected chi connectivity index (χ0v) is 13.2. The Morgan fingerprint density at radius 2 is 2.05 bits per heavy atom. The van der Waals surface area contributed by atoms with E-state index in [1.54, 1.807) is 18.9 Å². The second-order valence-corrected chi connectivity index (χ2v) is 6.16. The Hall–Kier alpha value is -1.40. The van der Waals surface area contributed by atoms with E-state index in [1.807, 2.05) is 13.8 Å². The molecule has 6 nitrogen and oxygen atoms in total. The topological polar surface area (TPSA) is 75.8 Å². The molecule has 1 amide bonds. The average Bonchev–Trinajstić information content (AvgIpc) is 2.80. The number of aliphatic hydroxyl groups is 1. The summed E-state index contributed by atoms with van der Waals surface area (Å²) in [7, 11) is 1.70. The van der Waals surface area contributed by atoms with Gasteiger partial charge in [0.2, 0.25) is 0 Å². The van der Waals surface area contributed by atoms with E-state index in [-0.39, 0.29) is 18.4 Å². The third-order valence-corrected chi connectivity index (χ3v) is 3.93. The standard InChI is InChI=1S/C15H24N2O4/c1-10(2)13-12(11(3)16-21-13)14(18)17(4)9-15(19)5-7-20-8-6-15/h10,19H,5-9H2,1-4H3. The van der Waals surface area contributed by atoms with Gasteiger partial charge >= 0.3 is 0 Å². The molecule has 0 aromatic carbocycles. The number of hydrogen-bond acceptors (Lipinski definition) is 5. The minimum Gasteiger partial charge on any atom is -0.388 e. The fourth-order valence-corrected chi connectivity index (χ4v) is 2.66. The third-order valence-electron chi connectivity index (χ3n) is 3.93. The molecular weight excluding hydrogens is 272 g/mol. The number of ether oxygens (including phenoxy) is 1. The highest BCUT2D eigenvalue weighted by molar-refractivity contribution is 5.96. The van der Waals surface area contributed by atoms with Gasteiger partial charge < -0.3 is 19.3 Å². The summed E-state index contributed by atoms with van der Waals surface area (Å²) < 4.78 is 10.5. The van der Waals surface area contributed by atoms with E-state index in [1.165, 1.54) is 0 Å². The van der Waals surface area contributed by atoms with Crippen LogP contribution in [0.3, 0.4) is 0 Å². The Kier molecular flexibility index (Phi) is 4.68. The number of aromatic nitrogens is 1. The molecule has 1 saturated heterocycles. The highest BCUT2D eigenvalue weighted by Crippen LogP contribution is 2.26. The van der Waals surface area contributed by atoms with E-state index in [9.17, 15) is 9.90 Å². The van der Waals surface area contributed by atoms with Crippen LogP contribution in [0.1, 0.15) is 54.4 Å². The van der Waals surface area contributed by atoms with Crippen LogP contribution < -0.4 is 0 Å². The Morgan fingerprint density at radius 1 is 1.43 bits per heavy atom. The fourth-order valence-electron chi connectivity index (χ4n) is 2.66. The first-order chi connectivity index (χ1) is 9.84. The van der Waals surface area contributed by atoms with Crippen LogP contribution in [0.2, 0.25) is 0 Å². The molecule has 1 aromatic heterocycles. The van der Waals surface area contributed by atoms with E-state index in [0.29, 0.717) is 43.1 Å². The number of nitrogens with zero attached hydrogens (tertiary/aromatic N) is 2. The van der Waals surface area contributed by atoms with E-state index >= 15 is 0 Å². The zero-order chi connectivity index (χ0) is 15.6. The molecule has 6 heteroatoms. The molecule has 1 aromatic rings. The largest absolute Gasteiger partial charge is 0.388 e. The first kappa shape index (κ1) is 16.0. The number of carbonyl (C=O) groups is 1. The highest BCUT2D eigenvalue weighted by atomic mass is 16.5. The predicted molar refractivity (Wildman–Crippen MR) is 77.3 cm³/mol. The number of amides is 1. The van der Waals surface area contributed by atoms with Crippen molar-refractivity contribution in [3.05, 3.63) is 17.0 Å². The molecule has 0 atom stereocenters. The lowest BCUT2D eigenvalue weighted by atomic mass is 9.93. The molecule has 118 valence electrons. The highest BCUT2D eigenvalue weighted by Gasteiger charge is 2.34. The lowest BCUT2D eigenvalue weighted by Gasteiger charge is -2.35. The number of hydrogen-bond donors (Lipinski definition) is 1. The summed E-state index contributed by atoms with van der Waals surface area (Å²) in [6.45, 7) is 7.03. The Balaban J connectivity index is 2.14. The monoisotopic (exact) mass is 296 g/mol. The van der Waals surface area contributed by atoms with Crippen molar-refractivity contribution in [2.24, 2.45) is 0 Å². The quantitative estimate of drug-likeness (QED) is 0.915. The minimum atomic E-state index is -0.869. The summed E-state index contributed by atoms with van der Waals surface area (Å²) in [5, 5.41) is 14.4. The van der Waals surface area contributed by atoms with Crippen LogP contribution in [0, 0.1) is 6.92 Å². The lowest BCUT2D eigenvalue weighted by Crippen LogP contribution is -2.47. The number of carbonyl (C=O) groups excluding carboxylic acids is 1. The van der Waals surface area contributed by atoms with Crippen LogP contribution >= 0.6 is 0 Å².